The third-order valence-corrected chi connectivity index (χ3v) is 6.38. The highest BCUT2D eigenvalue weighted by Gasteiger charge is 2.21. The van der Waals surface area contributed by atoms with Gasteiger partial charge in [0.1, 0.15) is 0 Å². The second kappa shape index (κ2) is 11.0. The van der Waals surface area contributed by atoms with Gasteiger partial charge in [0.15, 0.2) is 0 Å². The molecule has 1 N–H and O–H groups in total. The molecule has 0 bridgehead atoms. The molecule has 3 aromatic carbocycles. The molecule has 0 aliphatic carbocycles. The average molecular weight is 515 g/mol. The number of piperazine rings is 1. The number of nitrogens with one attached hydrogen (secondary N) is 1. The van der Waals surface area contributed by atoms with Gasteiger partial charge in [0, 0.05) is 43.0 Å². The smallest absolute Gasteiger partial charge is 0.257 e. The van der Waals surface area contributed by atoms with E-state index in [9.17, 15) is 9.59 Å². The first-order chi connectivity index (χ1) is 16.4. The monoisotopic (exact) mass is 513 g/mol. The lowest BCUT2D eigenvalue weighted by molar-refractivity contribution is -0.126. The van der Waals surface area contributed by atoms with Crippen molar-refractivity contribution in [3.05, 3.63) is 99.0 Å². The van der Waals surface area contributed by atoms with Gasteiger partial charge < -0.3 is 15.1 Å². The first-order valence-corrected chi connectivity index (χ1v) is 11.9. The van der Waals surface area contributed by atoms with Gasteiger partial charge in [0.05, 0.1) is 21.3 Å². The predicted molar refractivity (Wildman–Crippen MR) is 140 cm³/mol. The number of halogens is 3. The Bertz CT molecular complexity index is 1220. The number of amides is 2. The summed E-state index contributed by atoms with van der Waals surface area (Å²) in [5.41, 5.74) is 2.74. The lowest BCUT2D eigenvalue weighted by Gasteiger charge is -2.36. The summed E-state index contributed by atoms with van der Waals surface area (Å²) in [6.07, 6.45) is 3.44. The van der Waals surface area contributed by atoms with Crippen LogP contribution in [0.4, 0.5) is 11.4 Å². The van der Waals surface area contributed by atoms with Crippen LogP contribution in [-0.2, 0) is 4.79 Å². The van der Waals surface area contributed by atoms with E-state index in [1.807, 2.05) is 47.4 Å². The Kier molecular flexibility index (Phi) is 7.78. The van der Waals surface area contributed by atoms with Crippen molar-refractivity contribution >= 4 is 64.1 Å². The van der Waals surface area contributed by atoms with Crippen molar-refractivity contribution in [3.63, 3.8) is 0 Å². The Balaban J connectivity index is 1.35. The first-order valence-electron chi connectivity index (χ1n) is 10.7. The minimum atomic E-state index is -0.346. The molecule has 2 amide bonds. The Morgan fingerprint density at radius 3 is 2.24 bits per heavy atom. The Hall–Kier alpha value is -2.99. The fourth-order valence-corrected chi connectivity index (χ4v) is 4.51. The zero-order chi connectivity index (χ0) is 24.1. The molecule has 0 saturated carbocycles. The van der Waals surface area contributed by atoms with Gasteiger partial charge in [-0.1, -0.05) is 65.1 Å². The Morgan fingerprint density at radius 2 is 1.56 bits per heavy atom. The van der Waals surface area contributed by atoms with Gasteiger partial charge in [0.2, 0.25) is 5.91 Å². The highest BCUT2D eigenvalue weighted by molar-refractivity contribution is 6.37. The van der Waals surface area contributed by atoms with Crippen molar-refractivity contribution in [2.24, 2.45) is 0 Å². The molecule has 0 radical (unpaired) electrons. The van der Waals surface area contributed by atoms with Crippen molar-refractivity contribution < 1.29 is 9.59 Å². The fraction of sp³-hybridized carbons (Fsp3) is 0.154. The molecule has 0 atom stereocenters. The molecule has 1 aliphatic rings. The van der Waals surface area contributed by atoms with Crippen molar-refractivity contribution in [1.29, 1.82) is 0 Å². The number of carbonyl (C=O) groups is 2. The maximum absolute atomic E-state index is 12.6. The average Bonchev–Trinajstić information content (AvgIpc) is 2.83. The summed E-state index contributed by atoms with van der Waals surface area (Å²) in [4.78, 5) is 29.0. The summed E-state index contributed by atoms with van der Waals surface area (Å²) in [5.74, 6) is -0.352. The number of carbonyl (C=O) groups excluding carboxylic acids is 2. The van der Waals surface area contributed by atoms with E-state index in [-0.39, 0.29) is 16.8 Å². The summed E-state index contributed by atoms with van der Waals surface area (Å²) in [6, 6.07) is 19.8. The van der Waals surface area contributed by atoms with Crippen LogP contribution < -0.4 is 10.2 Å². The predicted octanol–water partition coefficient (Wildman–Crippen LogP) is 6.26. The number of benzene rings is 3. The second-order valence-electron chi connectivity index (χ2n) is 7.80. The molecular weight excluding hydrogens is 493 g/mol. The standard InChI is InChI=1S/C26H22Cl3N3O2/c27-19-7-9-21(22(28)16-19)26(34)30-20-8-10-24(23(29)17-20)31-12-14-32(15-13-31)25(33)11-6-18-4-2-1-3-5-18/h1-11,16-17H,12-15H2,(H,30,34)/b11-6+. The van der Waals surface area contributed by atoms with Crippen molar-refractivity contribution in [3.8, 4) is 0 Å². The lowest BCUT2D eigenvalue weighted by atomic mass is 10.2. The largest absolute Gasteiger partial charge is 0.367 e. The van der Waals surface area contributed by atoms with Crippen LogP contribution in [0.2, 0.25) is 15.1 Å². The second-order valence-corrected chi connectivity index (χ2v) is 9.05. The molecule has 0 spiro atoms. The first kappa shape index (κ1) is 24.1. The Labute approximate surface area is 213 Å². The maximum atomic E-state index is 12.6. The molecule has 5 nitrogen and oxygen atoms in total. The highest BCUT2D eigenvalue weighted by atomic mass is 35.5. The SMILES string of the molecule is O=C(Nc1ccc(N2CCN(C(=O)/C=C/c3ccccc3)CC2)c(Cl)c1)c1ccc(Cl)cc1Cl. The molecule has 1 aliphatic heterocycles. The zero-order valence-electron chi connectivity index (χ0n) is 18.2. The van der Waals surface area contributed by atoms with Crippen LogP contribution in [0.1, 0.15) is 15.9 Å². The molecule has 34 heavy (non-hydrogen) atoms. The molecule has 0 aromatic heterocycles. The van der Waals surface area contributed by atoms with E-state index in [1.54, 1.807) is 30.3 Å². The quantitative estimate of drug-likeness (QED) is 0.409. The number of rotatable bonds is 5. The number of hydrogen-bond acceptors (Lipinski definition) is 3. The molecular formula is C26H22Cl3N3O2. The minimum Gasteiger partial charge on any atom is -0.367 e. The van der Waals surface area contributed by atoms with E-state index in [1.165, 1.54) is 6.07 Å². The number of anilines is 2. The van der Waals surface area contributed by atoms with Crippen LogP contribution in [0, 0.1) is 0 Å². The molecule has 1 fully saturated rings. The molecule has 1 heterocycles. The van der Waals surface area contributed by atoms with Crippen LogP contribution >= 0.6 is 34.8 Å². The van der Waals surface area contributed by atoms with Crippen molar-refractivity contribution in [1.82, 2.24) is 4.90 Å². The van der Waals surface area contributed by atoms with Crippen LogP contribution in [0.5, 0.6) is 0 Å². The molecule has 174 valence electrons. The third-order valence-electron chi connectivity index (χ3n) is 5.53. The lowest BCUT2D eigenvalue weighted by Crippen LogP contribution is -2.48. The minimum absolute atomic E-state index is 0.00600. The van der Waals surface area contributed by atoms with Crippen LogP contribution in [0.3, 0.4) is 0 Å². The van der Waals surface area contributed by atoms with Crippen LogP contribution in [0.15, 0.2) is 72.8 Å². The van der Waals surface area contributed by atoms with Gasteiger partial charge in [0.25, 0.3) is 5.91 Å². The third kappa shape index (κ3) is 5.92. The fourth-order valence-electron chi connectivity index (χ4n) is 3.72. The maximum Gasteiger partial charge on any atom is 0.257 e. The topological polar surface area (TPSA) is 52.7 Å². The summed E-state index contributed by atoms with van der Waals surface area (Å²) in [5, 5.41) is 4.06. The zero-order valence-corrected chi connectivity index (χ0v) is 20.4. The number of nitrogens with zero attached hydrogens (tertiary/aromatic N) is 2. The highest BCUT2D eigenvalue weighted by Crippen LogP contribution is 2.30. The van der Waals surface area contributed by atoms with Gasteiger partial charge >= 0.3 is 0 Å². The molecule has 1 saturated heterocycles. The molecule has 0 unspecified atom stereocenters. The van der Waals surface area contributed by atoms with Gasteiger partial charge in [-0.25, -0.2) is 0 Å². The van der Waals surface area contributed by atoms with E-state index >= 15 is 0 Å². The summed E-state index contributed by atoms with van der Waals surface area (Å²) < 4.78 is 0. The molecule has 4 rings (SSSR count). The van der Waals surface area contributed by atoms with Crippen LogP contribution in [-0.4, -0.2) is 42.9 Å². The summed E-state index contributed by atoms with van der Waals surface area (Å²) in [6.45, 7) is 2.52. The Morgan fingerprint density at radius 1 is 0.824 bits per heavy atom. The van der Waals surface area contributed by atoms with Gasteiger partial charge in [-0.2, -0.15) is 0 Å². The summed E-state index contributed by atoms with van der Waals surface area (Å²) in [7, 11) is 0. The van der Waals surface area contributed by atoms with Gasteiger partial charge in [-0.3, -0.25) is 9.59 Å². The van der Waals surface area contributed by atoms with Crippen LogP contribution in [0.25, 0.3) is 6.08 Å². The van der Waals surface area contributed by atoms with Gasteiger partial charge in [-0.15, -0.1) is 0 Å². The van der Waals surface area contributed by atoms with Gasteiger partial charge in [-0.05, 0) is 48.0 Å². The van der Waals surface area contributed by atoms with Crippen molar-refractivity contribution in [2.45, 2.75) is 0 Å². The molecule has 3 aromatic rings. The van der Waals surface area contributed by atoms with E-state index < -0.39 is 0 Å². The van der Waals surface area contributed by atoms with E-state index in [0.717, 1.165) is 11.3 Å². The van der Waals surface area contributed by atoms with E-state index in [4.69, 9.17) is 34.8 Å². The van der Waals surface area contributed by atoms with E-state index in [0.29, 0.717) is 47.5 Å². The van der Waals surface area contributed by atoms with E-state index in [2.05, 4.69) is 10.2 Å². The van der Waals surface area contributed by atoms with Crippen molar-refractivity contribution in [2.75, 3.05) is 36.4 Å². The number of hydrogen-bond donors (Lipinski definition) is 1. The summed E-state index contributed by atoms with van der Waals surface area (Å²) >= 11 is 18.6. The normalized spacial score (nSPS) is 13.9. The molecule has 8 heteroatoms.